The molecule has 0 saturated heterocycles. The highest BCUT2D eigenvalue weighted by molar-refractivity contribution is 5.69. The maximum absolute atomic E-state index is 12.9. The van der Waals surface area contributed by atoms with E-state index in [2.05, 4.69) is 0 Å². The van der Waals surface area contributed by atoms with Crippen molar-refractivity contribution in [1.29, 1.82) is 0 Å². The second-order valence-electron chi connectivity index (χ2n) is 7.32. The van der Waals surface area contributed by atoms with Crippen molar-refractivity contribution in [2.24, 2.45) is 0 Å². The summed E-state index contributed by atoms with van der Waals surface area (Å²) in [6, 6.07) is 5.83. The van der Waals surface area contributed by atoms with E-state index in [0.29, 0.717) is 5.75 Å². The van der Waals surface area contributed by atoms with Gasteiger partial charge in [-0.1, -0.05) is 0 Å². The van der Waals surface area contributed by atoms with Crippen molar-refractivity contribution >= 4 is 11.7 Å². The number of rotatable bonds is 3. The highest BCUT2D eigenvalue weighted by Gasteiger charge is 2.54. The predicted octanol–water partition coefficient (Wildman–Crippen LogP) is 2.19. The van der Waals surface area contributed by atoms with E-state index in [0.717, 1.165) is 0 Å². The average molecular weight is 388 g/mol. The Morgan fingerprint density at radius 3 is 2.61 bits per heavy atom. The van der Waals surface area contributed by atoms with Crippen LogP contribution in [0.4, 0.5) is 5.69 Å². The monoisotopic (exact) mass is 388 g/mol. The number of pyridine rings is 1. The van der Waals surface area contributed by atoms with Gasteiger partial charge < -0.3 is 19.1 Å². The van der Waals surface area contributed by atoms with E-state index in [1.54, 1.807) is 13.8 Å². The van der Waals surface area contributed by atoms with Crippen LogP contribution < -0.4 is 15.0 Å². The summed E-state index contributed by atoms with van der Waals surface area (Å²) in [6.45, 7) is 5.98. The summed E-state index contributed by atoms with van der Waals surface area (Å²) in [5.74, 6) is -0.552. The van der Waals surface area contributed by atoms with Crippen molar-refractivity contribution in [2.75, 3.05) is 0 Å². The number of fused-ring (bicyclic) bond motifs is 1. The van der Waals surface area contributed by atoms with E-state index in [1.165, 1.54) is 54.9 Å². The van der Waals surface area contributed by atoms with Crippen molar-refractivity contribution in [1.82, 2.24) is 4.57 Å². The number of ether oxygens (including phenoxy) is 2. The third-order valence-electron chi connectivity index (χ3n) is 5.09. The lowest BCUT2D eigenvalue weighted by Crippen LogP contribution is -2.60. The molecule has 148 valence electrons. The maximum atomic E-state index is 12.9. The second kappa shape index (κ2) is 6.45. The number of nitro benzene ring substituents is 1. The molecule has 9 nitrogen and oxygen atoms in total. The molecule has 9 heteroatoms. The smallest absolute Gasteiger partial charge is 0.308 e. The number of hydrogen-bond donors (Lipinski definition) is 1. The summed E-state index contributed by atoms with van der Waals surface area (Å²) in [6.07, 6.45) is 1.43. The summed E-state index contributed by atoms with van der Waals surface area (Å²) in [5.41, 5.74) is -3.34. The maximum Gasteiger partial charge on any atom is 0.308 e. The molecule has 0 amide bonds. The van der Waals surface area contributed by atoms with Crippen LogP contribution >= 0.6 is 0 Å². The Morgan fingerprint density at radius 1 is 1.32 bits per heavy atom. The predicted molar refractivity (Wildman–Crippen MR) is 98.6 cm³/mol. The van der Waals surface area contributed by atoms with Gasteiger partial charge in [0.1, 0.15) is 17.0 Å². The number of carbonyl (C=O) groups is 1. The molecule has 28 heavy (non-hydrogen) atoms. The molecule has 3 rings (SSSR count). The fraction of sp³-hybridized carbons (Fsp3) is 0.368. The molecule has 0 saturated carbocycles. The minimum absolute atomic E-state index is 0.202. The Hall–Kier alpha value is -3.20. The highest BCUT2D eigenvalue weighted by Crippen LogP contribution is 2.48. The van der Waals surface area contributed by atoms with Gasteiger partial charge in [-0.25, -0.2) is 0 Å². The lowest BCUT2D eigenvalue weighted by atomic mass is 9.75. The first-order valence-electron chi connectivity index (χ1n) is 8.55. The first kappa shape index (κ1) is 19.6. The quantitative estimate of drug-likeness (QED) is 0.486. The minimum Gasteiger partial charge on any atom is -0.484 e. The van der Waals surface area contributed by atoms with Crippen LogP contribution in [0.1, 0.15) is 39.3 Å². The van der Waals surface area contributed by atoms with Crippen LogP contribution in [0.5, 0.6) is 11.5 Å². The van der Waals surface area contributed by atoms with Crippen LogP contribution in [-0.4, -0.2) is 31.8 Å². The van der Waals surface area contributed by atoms with Gasteiger partial charge in [-0.3, -0.25) is 19.7 Å². The highest BCUT2D eigenvalue weighted by atomic mass is 16.6. The molecule has 2 atom stereocenters. The molecule has 0 fully saturated rings. The van der Waals surface area contributed by atoms with Crippen LogP contribution in [0.15, 0.2) is 41.3 Å². The largest absolute Gasteiger partial charge is 0.484 e. The average Bonchev–Trinajstić information content (AvgIpc) is 2.57. The lowest BCUT2D eigenvalue weighted by Gasteiger charge is -2.49. The lowest BCUT2D eigenvalue weighted by molar-refractivity contribution is -0.385. The van der Waals surface area contributed by atoms with Gasteiger partial charge in [0.2, 0.25) is 0 Å². The fourth-order valence-electron chi connectivity index (χ4n) is 3.31. The zero-order valence-electron chi connectivity index (χ0n) is 15.8. The van der Waals surface area contributed by atoms with Gasteiger partial charge in [-0.2, -0.15) is 0 Å². The summed E-state index contributed by atoms with van der Waals surface area (Å²) < 4.78 is 12.0. The number of carbonyl (C=O) groups excluding carboxylic acids is 1. The van der Waals surface area contributed by atoms with E-state index in [4.69, 9.17) is 9.47 Å². The Morgan fingerprint density at radius 2 is 2.00 bits per heavy atom. The second-order valence-corrected chi connectivity index (χ2v) is 7.32. The van der Waals surface area contributed by atoms with Crippen LogP contribution in [0.3, 0.4) is 0 Å². The first-order chi connectivity index (χ1) is 13.0. The zero-order valence-corrected chi connectivity index (χ0v) is 15.8. The number of aliphatic hydroxyl groups is 1. The van der Waals surface area contributed by atoms with Gasteiger partial charge in [0, 0.05) is 30.8 Å². The van der Waals surface area contributed by atoms with Gasteiger partial charge in [-0.05, 0) is 39.0 Å². The molecule has 2 aromatic rings. The van der Waals surface area contributed by atoms with Crippen LogP contribution in [0.25, 0.3) is 0 Å². The van der Waals surface area contributed by atoms with Crippen LogP contribution in [-0.2, 0) is 4.79 Å². The van der Waals surface area contributed by atoms with Crippen molar-refractivity contribution in [3.63, 3.8) is 0 Å². The summed E-state index contributed by atoms with van der Waals surface area (Å²) in [4.78, 5) is 34.9. The van der Waals surface area contributed by atoms with Crippen molar-refractivity contribution in [2.45, 2.75) is 44.9 Å². The Labute approximate surface area is 160 Å². The van der Waals surface area contributed by atoms with E-state index in [9.17, 15) is 24.8 Å². The van der Waals surface area contributed by atoms with Crippen molar-refractivity contribution in [3.8, 4) is 11.5 Å². The van der Waals surface area contributed by atoms with E-state index < -0.39 is 33.7 Å². The summed E-state index contributed by atoms with van der Waals surface area (Å²) >= 11 is 0. The summed E-state index contributed by atoms with van der Waals surface area (Å²) in [7, 11) is 0. The van der Waals surface area contributed by atoms with Gasteiger partial charge in [-0.15, -0.1) is 0 Å². The Bertz CT molecular complexity index is 1020. The minimum atomic E-state index is -1.63. The van der Waals surface area contributed by atoms with Gasteiger partial charge in [0.15, 0.2) is 5.75 Å². The fourth-order valence-corrected chi connectivity index (χ4v) is 3.31. The third kappa shape index (κ3) is 3.03. The molecule has 1 aliphatic heterocycles. The molecule has 0 bridgehead atoms. The molecule has 1 N–H and O–H groups in total. The molecule has 0 spiro atoms. The molecule has 1 aliphatic rings. The van der Waals surface area contributed by atoms with Gasteiger partial charge >= 0.3 is 5.97 Å². The Balaban J connectivity index is 2.30. The van der Waals surface area contributed by atoms with Crippen LogP contribution in [0.2, 0.25) is 0 Å². The number of benzene rings is 1. The molecule has 1 aromatic heterocycles. The summed E-state index contributed by atoms with van der Waals surface area (Å²) in [5, 5.41) is 22.6. The molecular weight excluding hydrogens is 368 g/mol. The number of nitro groups is 1. The van der Waals surface area contributed by atoms with E-state index >= 15 is 0 Å². The van der Waals surface area contributed by atoms with Crippen molar-refractivity contribution < 1.29 is 24.3 Å². The number of hydrogen-bond acceptors (Lipinski definition) is 7. The Kier molecular flexibility index (Phi) is 4.50. The number of esters is 1. The molecule has 0 radical (unpaired) electrons. The number of non-ortho nitro benzene ring substituents is 1. The SMILES string of the molecule is CC(=O)Oc1cccn(C2c3cc([N+](=O)[O-])ccc3OC(C)(C)C2(C)O)c1=O. The third-order valence-corrected chi connectivity index (χ3v) is 5.09. The molecule has 2 unspecified atom stereocenters. The zero-order chi connectivity index (χ0) is 20.9. The molecule has 2 heterocycles. The van der Waals surface area contributed by atoms with Gasteiger partial charge in [0.25, 0.3) is 11.2 Å². The molecular formula is C19H20N2O7. The standard InChI is InChI=1S/C19H20N2O7/c1-11(22)27-15-6-5-9-20(17(15)23)16-13-10-12(21(25)26)7-8-14(13)28-18(2,3)19(16,4)24/h5-10,16,24H,1-4H3. The molecule has 0 aliphatic carbocycles. The topological polar surface area (TPSA) is 121 Å². The first-order valence-corrected chi connectivity index (χ1v) is 8.55. The van der Waals surface area contributed by atoms with E-state index in [1.807, 2.05) is 0 Å². The normalized spacial score (nSPS) is 22.7. The van der Waals surface area contributed by atoms with Gasteiger partial charge in [0.05, 0.1) is 11.0 Å². The van der Waals surface area contributed by atoms with E-state index in [-0.39, 0.29) is 17.0 Å². The molecule has 1 aromatic carbocycles. The van der Waals surface area contributed by atoms with Crippen LogP contribution in [0, 0.1) is 10.1 Å². The number of nitrogens with zero attached hydrogens (tertiary/aromatic N) is 2. The number of aromatic nitrogens is 1. The van der Waals surface area contributed by atoms with Crippen molar-refractivity contribution in [3.05, 3.63) is 62.6 Å².